The summed E-state index contributed by atoms with van der Waals surface area (Å²) in [6.45, 7) is -0.293. The summed E-state index contributed by atoms with van der Waals surface area (Å²) in [4.78, 5) is 22.9. The number of halogens is 4. The van der Waals surface area contributed by atoms with Crippen molar-refractivity contribution in [2.45, 2.75) is 25.5 Å². The van der Waals surface area contributed by atoms with Crippen molar-refractivity contribution in [3.05, 3.63) is 11.4 Å². The minimum absolute atomic E-state index is 0.0947. The van der Waals surface area contributed by atoms with Crippen LogP contribution < -0.4 is 5.32 Å². The van der Waals surface area contributed by atoms with E-state index in [0.717, 1.165) is 4.68 Å². The predicted molar refractivity (Wildman–Crippen MR) is 64.6 cm³/mol. The standard InChI is InChI=1S/C10H12ClF3N4O3/c1-2-21-9(20)8-6(3-11)18(17-16-8)4-7(19)15-5-10(12,13)14/h2-5H2,1H3,(H,15,19). The molecule has 1 amide bonds. The molecule has 118 valence electrons. The molecule has 0 spiro atoms. The molecular formula is C10H12ClF3N4O3. The molecule has 7 nitrogen and oxygen atoms in total. The average Bonchev–Trinajstić information content (AvgIpc) is 2.78. The van der Waals surface area contributed by atoms with Crippen molar-refractivity contribution in [3.8, 4) is 0 Å². The molecule has 0 aliphatic heterocycles. The minimum atomic E-state index is -4.51. The Morgan fingerprint density at radius 1 is 1.43 bits per heavy atom. The van der Waals surface area contributed by atoms with Crippen molar-refractivity contribution in [2.24, 2.45) is 0 Å². The van der Waals surface area contributed by atoms with E-state index >= 15 is 0 Å². The fourth-order valence-electron chi connectivity index (χ4n) is 1.34. The second-order valence-electron chi connectivity index (χ2n) is 3.79. The molecule has 0 fully saturated rings. The second-order valence-corrected chi connectivity index (χ2v) is 4.06. The molecule has 1 aromatic rings. The van der Waals surface area contributed by atoms with Gasteiger partial charge in [-0.05, 0) is 6.92 Å². The smallest absolute Gasteiger partial charge is 0.405 e. The number of hydrogen-bond donors (Lipinski definition) is 1. The fourth-order valence-corrected chi connectivity index (χ4v) is 1.61. The van der Waals surface area contributed by atoms with Crippen molar-refractivity contribution >= 4 is 23.5 Å². The summed E-state index contributed by atoms with van der Waals surface area (Å²) in [7, 11) is 0. The van der Waals surface area contributed by atoms with E-state index < -0.39 is 31.1 Å². The summed E-state index contributed by atoms with van der Waals surface area (Å²) < 4.78 is 41.6. The number of hydrogen-bond acceptors (Lipinski definition) is 5. The number of alkyl halides is 4. The molecule has 0 unspecified atom stereocenters. The zero-order valence-corrected chi connectivity index (χ0v) is 11.7. The molecule has 0 saturated heterocycles. The molecule has 1 aromatic heterocycles. The molecule has 0 saturated carbocycles. The number of aromatic nitrogens is 3. The lowest BCUT2D eigenvalue weighted by Gasteiger charge is -2.09. The van der Waals surface area contributed by atoms with Crippen molar-refractivity contribution in [1.82, 2.24) is 20.3 Å². The van der Waals surface area contributed by atoms with Gasteiger partial charge >= 0.3 is 12.1 Å². The van der Waals surface area contributed by atoms with Crippen LogP contribution in [-0.4, -0.2) is 46.2 Å². The van der Waals surface area contributed by atoms with Gasteiger partial charge < -0.3 is 10.1 Å². The van der Waals surface area contributed by atoms with E-state index in [4.69, 9.17) is 16.3 Å². The summed E-state index contributed by atoms with van der Waals surface area (Å²) in [5.41, 5.74) is -0.0762. The maximum absolute atomic E-state index is 12.0. The minimum Gasteiger partial charge on any atom is -0.461 e. The number of amides is 1. The molecule has 0 aromatic carbocycles. The lowest BCUT2D eigenvalue weighted by atomic mass is 10.3. The third-order valence-electron chi connectivity index (χ3n) is 2.21. The van der Waals surface area contributed by atoms with Gasteiger partial charge in [0, 0.05) is 0 Å². The maximum Gasteiger partial charge on any atom is 0.405 e. The van der Waals surface area contributed by atoms with E-state index in [2.05, 4.69) is 10.3 Å². The van der Waals surface area contributed by atoms with Gasteiger partial charge in [0.2, 0.25) is 5.91 Å². The molecule has 1 heterocycles. The van der Waals surface area contributed by atoms with Gasteiger partial charge in [-0.3, -0.25) is 4.79 Å². The van der Waals surface area contributed by atoms with Crippen LogP contribution in [0.4, 0.5) is 13.2 Å². The maximum atomic E-state index is 12.0. The highest BCUT2D eigenvalue weighted by Gasteiger charge is 2.28. The quantitative estimate of drug-likeness (QED) is 0.618. The molecule has 21 heavy (non-hydrogen) atoms. The first-order valence-corrected chi connectivity index (χ1v) is 6.30. The molecule has 0 radical (unpaired) electrons. The second kappa shape index (κ2) is 7.25. The van der Waals surface area contributed by atoms with E-state index in [1.807, 2.05) is 0 Å². The van der Waals surface area contributed by atoms with Crippen molar-refractivity contribution in [3.63, 3.8) is 0 Å². The fraction of sp³-hybridized carbons (Fsp3) is 0.600. The average molecular weight is 329 g/mol. The lowest BCUT2D eigenvalue weighted by Crippen LogP contribution is -2.36. The number of nitrogens with one attached hydrogen (secondary N) is 1. The van der Waals surface area contributed by atoms with Gasteiger partial charge in [-0.2, -0.15) is 13.2 Å². The van der Waals surface area contributed by atoms with Gasteiger partial charge in [0.1, 0.15) is 13.1 Å². The van der Waals surface area contributed by atoms with Crippen LogP contribution in [0, 0.1) is 0 Å². The Labute approximate surface area is 122 Å². The molecule has 1 rings (SSSR count). The Balaban J connectivity index is 2.76. The van der Waals surface area contributed by atoms with Crippen LogP contribution in [0.3, 0.4) is 0 Å². The van der Waals surface area contributed by atoms with Crippen LogP contribution >= 0.6 is 11.6 Å². The molecule has 0 aliphatic rings. The third kappa shape index (κ3) is 5.21. The van der Waals surface area contributed by atoms with Crippen LogP contribution in [0.2, 0.25) is 0 Å². The molecule has 0 bridgehead atoms. The topological polar surface area (TPSA) is 86.1 Å². The Morgan fingerprint density at radius 3 is 2.62 bits per heavy atom. The summed E-state index contributed by atoms with van der Waals surface area (Å²) in [6, 6.07) is 0. The number of esters is 1. The first-order valence-electron chi connectivity index (χ1n) is 5.77. The molecule has 0 aliphatic carbocycles. The molecule has 1 N–H and O–H groups in total. The monoisotopic (exact) mass is 328 g/mol. The number of carbonyl (C=O) groups excluding carboxylic acids is 2. The Kier molecular flexibility index (Phi) is 5.94. The molecule has 0 atom stereocenters. The van der Waals surface area contributed by atoms with Gasteiger partial charge in [0.25, 0.3) is 0 Å². The number of ether oxygens (including phenoxy) is 1. The van der Waals surface area contributed by atoms with Crippen LogP contribution in [0.15, 0.2) is 0 Å². The van der Waals surface area contributed by atoms with Crippen molar-refractivity contribution < 1.29 is 27.5 Å². The van der Waals surface area contributed by atoms with E-state index in [0.29, 0.717) is 0 Å². The SMILES string of the molecule is CCOC(=O)c1nnn(CC(=O)NCC(F)(F)F)c1CCl. The zero-order valence-electron chi connectivity index (χ0n) is 10.9. The summed E-state index contributed by atoms with van der Waals surface area (Å²) in [5, 5.41) is 8.71. The number of rotatable bonds is 6. The Hall–Kier alpha value is -1.84. The number of nitrogens with zero attached hydrogens (tertiary/aromatic N) is 3. The Bertz CT molecular complexity index is 518. The van der Waals surface area contributed by atoms with E-state index in [9.17, 15) is 22.8 Å². The highest BCUT2D eigenvalue weighted by molar-refractivity contribution is 6.17. The van der Waals surface area contributed by atoms with Gasteiger partial charge in [0.15, 0.2) is 5.69 Å². The first-order chi connectivity index (χ1) is 9.78. The highest BCUT2D eigenvalue weighted by Crippen LogP contribution is 2.13. The summed E-state index contributed by atoms with van der Waals surface area (Å²) >= 11 is 5.64. The molecule has 11 heteroatoms. The van der Waals surface area contributed by atoms with E-state index in [1.165, 1.54) is 0 Å². The summed E-state index contributed by atoms with van der Waals surface area (Å²) in [5.74, 6) is -1.90. The zero-order chi connectivity index (χ0) is 16.0. The van der Waals surface area contributed by atoms with Crippen LogP contribution in [0.25, 0.3) is 0 Å². The van der Waals surface area contributed by atoms with Gasteiger partial charge in [-0.15, -0.1) is 16.7 Å². The highest BCUT2D eigenvalue weighted by atomic mass is 35.5. The molecular weight excluding hydrogens is 317 g/mol. The van der Waals surface area contributed by atoms with Crippen LogP contribution in [0.1, 0.15) is 23.1 Å². The van der Waals surface area contributed by atoms with E-state index in [-0.39, 0.29) is 23.9 Å². The van der Waals surface area contributed by atoms with Gasteiger partial charge in [-0.25, -0.2) is 9.48 Å². The third-order valence-corrected chi connectivity index (χ3v) is 2.47. The van der Waals surface area contributed by atoms with E-state index in [1.54, 1.807) is 12.2 Å². The van der Waals surface area contributed by atoms with Gasteiger partial charge in [-0.1, -0.05) is 5.21 Å². The number of carbonyl (C=O) groups is 2. The van der Waals surface area contributed by atoms with Crippen molar-refractivity contribution in [2.75, 3.05) is 13.2 Å². The Morgan fingerprint density at radius 2 is 2.10 bits per heavy atom. The normalized spacial score (nSPS) is 11.3. The predicted octanol–water partition coefficient (Wildman–Crippen LogP) is 0.872. The van der Waals surface area contributed by atoms with Crippen molar-refractivity contribution in [1.29, 1.82) is 0 Å². The van der Waals surface area contributed by atoms with Gasteiger partial charge in [0.05, 0.1) is 18.2 Å². The largest absolute Gasteiger partial charge is 0.461 e. The van der Waals surface area contributed by atoms with Crippen LogP contribution in [0.5, 0.6) is 0 Å². The summed E-state index contributed by atoms with van der Waals surface area (Å²) in [6.07, 6.45) is -4.51. The van der Waals surface area contributed by atoms with Crippen LogP contribution in [-0.2, 0) is 22.0 Å². The first kappa shape index (κ1) is 17.2. The lowest BCUT2D eigenvalue weighted by molar-refractivity contribution is -0.138.